The first kappa shape index (κ1) is 15.5. The second-order valence-electron chi connectivity index (χ2n) is 6.06. The van der Waals surface area contributed by atoms with Crippen molar-refractivity contribution in [3.05, 3.63) is 42.5 Å². The standard InChI is InChI=1S/C19H21NO3/c1-23-19(22)17(14-8-2-3-9-14)18(21)20-16-12-6-10-13-7-4-5-11-15(13)16/h4-7,10-12,14,17H,2-3,8-9H2,1H3,(H,20,21)/t17-/m0/s1. The van der Waals surface area contributed by atoms with Crippen LogP contribution in [0.25, 0.3) is 10.8 Å². The molecular formula is C19H21NO3. The topological polar surface area (TPSA) is 55.4 Å². The van der Waals surface area contributed by atoms with Gasteiger partial charge in [-0.3, -0.25) is 9.59 Å². The number of esters is 1. The fourth-order valence-electron chi connectivity index (χ4n) is 3.48. The fourth-order valence-corrected chi connectivity index (χ4v) is 3.48. The van der Waals surface area contributed by atoms with Gasteiger partial charge in [-0.15, -0.1) is 0 Å². The summed E-state index contributed by atoms with van der Waals surface area (Å²) in [4.78, 5) is 24.8. The van der Waals surface area contributed by atoms with E-state index in [9.17, 15) is 9.59 Å². The molecule has 0 aromatic heterocycles. The number of nitrogens with one attached hydrogen (secondary N) is 1. The Kier molecular flexibility index (Phi) is 4.60. The van der Waals surface area contributed by atoms with Gasteiger partial charge in [0.2, 0.25) is 5.91 Å². The van der Waals surface area contributed by atoms with E-state index < -0.39 is 11.9 Å². The molecule has 0 saturated heterocycles. The predicted molar refractivity (Wildman–Crippen MR) is 90.0 cm³/mol. The quantitative estimate of drug-likeness (QED) is 0.691. The van der Waals surface area contributed by atoms with Crippen LogP contribution in [0.4, 0.5) is 5.69 Å². The summed E-state index contributed by atoms with van der Waals surface area (Å²) in [6.07, 6.45) is 3.95. The molecule has 0 unspecified atom stereocenters. The summed E-state index contributed by atoms with van der Waals surface area (Å²) in [7, 11) is 1.34. The molecule has 1 amide bonds. The van der Waals surface area contributed by atoms with Gasteiger partial charge < -0.3 is 10.1 Å². The molecule has 3 rings (SSSR count). The number of fused-ring (bicyclic) bond motifs is 1. The Labute approximate surface area is 135 Å². The Balaban J connectivity index is 1.87. The van der Waals surface area contributed by atoms with Crippen LogP contribution in [0, 0.1) is 11.8 Å². The number of benzene rings is 2. The summed E-state index contributed by atoms with van der Waals surface area (Å²) in [5.41, 5.74) is 0.736. The molecule has 1 N–H and O–H groups in total. The number of hydrogen-bond acceptors (Lipinski definition) is 3. The lowest BCUT2D eigenvalue weighted by Crippen LogP contribution is -2.35. The number of carbonyl (C=O) groups is 2. The van der Waals surface area contributed by atoms with Crippen LogP contribution >= 0.6 is 0 Å². The zero-order chi connectivity index (χ0) is 16.2. The lowest BCUT2D eigenvalue weighted by atomic mass is 9.90. The molecule has 0 heterocycles. The summed E-state index contributed by atoms with van der Waals surface area (Å²) in [5.74, 6) is -1.34. The van der Waals surface area contributed by atoms with E-state index in [1.807, 2.05) is 42.5 Å². The van der Waals surface area contributed by atoms with Crippen LogP contribution < -0.4 is 5.32 Å². The van der Waals surface area contributed by atoms with E-state index in [1.54, 1.807) is 0 Å². The SMILES string of the molecule is COC(=O)[C@H](C(=O)Nc1cccc2ccccc12)C1CCCC1. The zero-order valence-corrected chi connectivity index (χ0v) is 13.2. The number of ether oxygens (including phenoxy) is 1. The first-order valence-electron chi connectivity index (χ1n) is 8.07. The number of anilines is 1. The average molecular weight is 311 g/mol. The molecule has 0 radical (unpaired) electrons. The second-order valence-corrected chi connectivity index (χ2v) is 6.06. The number of carbonyl (C=O) groups excluding carboxylic acids is 2. The van der Waals surface area contributed by atoms with Crippen LogP contribution in [-0.2, 0) is 14.3 Å². The molecule has 1 aliphatic carbocycles. The first-order valence-corrected chi connectivity index (χ1v) is 8.07. The predicted octanol–water partition coefficient (Wildman–Crippen LogP) is 3.76. The Hall–Kier alpha value is -2.36. The van der Waals surface area contributed by atoms with Crippen LogP contribution in [0.15, 0.2) is 42.5 Å². The Morgan fingerprint density at radius 3 is 2.52 bits per heavy atom. The molecule has 0 bridgehead atoms. The van der Waals surface area contributed by atoms with Crippen molar-refractivity contribution in [3.63, 3.8) is 0 Å². The van der Waals surface area contributed by atoms with Crippen LogP contribution in [-0.4, -0.2) is 19.0 Å². The monoisotopic (exact) mass is 311 g/mol. The van der Waals surface area contributed by atoms with Crippen LogP contribution in [0.5, 0.6) is 0 Å². The average Bonchev–Trinajstić information content (AvgIpc) is 3.09. The molecule has 1 saturated carbocycles. The van der Waals surface area contributed by atoms with Gasteiger partial charge in [0, 0.05) is 11.1 Å². The van der Waals surface area contributed by atoms with Gasteiger partial charge in [0.05, 0.1) is 7.11 Å². The van der Waals surface area contributed by atoms with E-state index in [1.165, 1.54) is 7.11 Å². The summed E-state index contributed by atoms with van der Waals surface area (Å²) in [6.45, 7) is 0. The molecule has 2 aromatic carbocycles. The summed E-state index contributed by atoms with van der Waals surface area (Å²) >= 11 is 0. The number of rotatable bonds is 4. The van der Waals surface area contributed by atoms with Gasteiger partial charge in [-0.2, -0.15) is 0 Å². The highest BCUT2D eigenvalue weighted by molar-refractivity contribution is 6.09. The molecule has 1 atom stereocenters. The van der Waals surface area contributed by atoms with Crippen LogP contribution in [0.3, 0.4) is 0 Å². The molecule has 2 aromatic rings. The van der Waals surface area contributed by atoms with Crippen molar-refractivity contribution < 1.29 is 14.3 Å². The van der Waals surface area contributed by atoms with Gasteiger partial charge in [0.25, 0.3) is 0 Å². The first-order chi connectivity index (χ1) is 11.2. The third-order valence-electron chi connectivity index (χ3n) is 4.66. The molecule has 4 heteroatoms. The minimum Gasteiger partial charge on any atom is -0.468 e. The van der Waals surface area contributed by atoms with Crippen LogP contribution in [0.1, 0.15) is 25.7 Å². The van der Waals surface area contributed by atoms with E-state index >= 15 is 0 Å². The van der Waals surface area contributed by atoms with Gasteiger partial charge in [-0.25, -0.2) is 0 Å². The molecule has 1 aliphatic rings. The van der Waals surface area contributed by atoms with Crippen molar-refractivity contribution in [1.82, 2.24) is 0 Å². The highest BCUT2D eigenvalue weighted by Crippen LogP contribution is 2.33. The minimum atomic E-state index is -0.721. The van der Waals surface area contributed by atoms with E-state index in [2.05, 4.69) is 5.32 Å². The molecule has 4 nitrogen and oxygen atoms in total. The van der Waals surface area contributed by atoms with Gasteiger partial charge in [-0.1, -0.05) is 49.2 Å². The number of amides is 1. The summed E-state index contributed by atoms with van der Waals surface area (Å²) in [5, 5.41) is 4.96. The van der Waals surface area contributed by atoms with Crippen molar-refractivity contribution in [2.75, 3.05) is 12.4 Å². The molecule has 120 valence electrons. The maximum Gasteiger partial charge on any atom is 0.318 e. The smallest absolute Gasteiger partial charge is 0.318 e. The third kappa shape index (κ3) is 3.21. The van der Waals surface area contributed by atoms with E-state index in [0.717, 1.165) is 42.1 Å². The maximum atomic E-state index is 12.7. The second kappa shape index (κ2) is 6.82. The Morgan fingerprint density at radius 1 is 1.09 bits per heavy atom. The van der Waals surface area contributed by atoms with E-state index in [-0.39, 0.29) is 11.8 Å². The van der Waals surface area contributed by atoms with Crippen LogP contribution in [0.2, 0.25) is 0 Å². The number of methoxy groups -OCH3 is 1. The highest BCUT2D eigenvalue weighted by atomic mass is 16.5. The number of hydrogen-bond donors (Lipinski definition) is 1. The Bertz CT molecular complexity index is 714. The zero-order valence-electron chi connectivity index (χ0n) is 13.2. The van der Waals surface area contributed by atoms with Crippen molar-refractivity contribution in [1.29, 1.82) is 0 Å². The van der Waals surface area contributed by atoms with Gasteiger partial charge in [0.15, 0.2) is 0 Å². The minimum absolute atomic E-state index is 0.0810. The lowest BCUT2D eigenvalue weighted by Gasteiger charge is -2.20. The Morgan fingerprint density at radius 2 is 1.78 bits per heavy atom. The van der Waals surface area contributed by atoms with Gasteiger partial charge in [0.1, 0.15) is 5.92 Å². The molecule has 1 fully saturated rings. The van der Waals surface area contributed by atoms with Crippen molar-refractivity contribution in [2.24, 2.45) is 11.8 Å². The lowest BCUT2D eigenvalue weighted by molar-refractivity contribution is -0.150. The van der Waals surface area contributed by atoms with E-state index in [4.69, 9.17) is 4.74 Å². The summed E-state index contributed by atoms with van der Waals surface area (Å²) in [6, 6.07) is 13.6. The maximum absolute atomic E-state index is 12.7. The molecule has 0 aliphatic heterocycles. The van der Waals surface area contributed by atoms with Crippen molar-refractivity contribution >= 4 is 28.3 Å². The normalized spacial score (nSPS) is 16.2. The van der Waals surface area contributed by atoms with E-state index in [0.29, 0.717) is 0 Å². The van der Waals surface area contributed by atoms with Crippen molar-refractivity contribution in [2.45, 2.75) is 25.7 Å². The molecular weight excluding hydrogens is 290 g/mol. The largest absolute Gasteiger partial charge is 0.468 e. The van der Waals surface area contributed by atoms with Crippen molar-refractivity contribution in [3.8, 4) is 0 Å². The third-order valence-corrected chi connectivity index (χ3v) is 4.66. The summed E-state index contributed by atoms with van der Waals surface area (Å²) < 4.78 is 4.87. The van der Waals surface area contributed by atoms with Gasteiger partial charge >= 0.3 is 5.97 Å². The molecule has 0 spiro atoms. The molecule has 23 heavy (non-hydrogen) atoms. The highest BCUT2D eigenvalue weighted by Gasteiger charge is 2.37. The fraction of sp³-hybridized carbons (Fsp3) is 0.368. The van der Waals surface area contributed by atoms with Gasteiger partial charge in [-0.05, 0) is 30.2 Å².